The molecule has 0 saturated carbocycles. The summed E-state index contributed by atoms with van der Waals surface area (Å²) in [7, 11) is 0. The van der Waals surface area contributed by atoms with E-state index >= 15 is 0 Å². The molecule has 2 aromatic heterocycles. The normalized spacial score (nSPS) is 10.8. The highest BCUT2D eigenvalue weighted by Gasteiger charge is 2.14. The summed E-state index contributed by atoms with van der Waals surface area (Å²) in [6.45, 7) is 4.42. The van der Waals surface area contributed by atoms with Crippen LogP contribution in [0.5, 0.6) is 0 Å². The molecular formula is C21H23N3O3S. The molecule has 3 rings (SSSR count). The largest absolute Gasteiger partial charge is 0.481 e. The predicted octanol–water partition coefficient (Wildman–Crippen LogP) is 3.54. The summed E-state index contributed by atoms with van der Waals surface area (Å²) < 4.78 is 1.80. The Bertz CT molecular complexity index is 960. The monoisotopic (exact) mass is 397 g/mol. The molecule has 2 heterocycles. The highest BCUT2D eigenvalue weighted by atomic mass is 32.1. The Morgan fingerprint density at radius 2 is 1.89 bits per heavy atom. The molecule has 28 heavy (non-hydrogen) atoms. The van der Waals surface area contributed by atoms with Crippen LogP contribution in [-0.2, 0) is 17.6 Å². The van der Waals surface area contributed by atoms with Gasteiger partial charge in [0.2, 0.25) is 0 Å². The molecule has 0 spiro atoms. The number of aliphatic carboxylic acids is 1. The van der Waals surface area contributed by atoms with Crippen molar-refractivity contribution in [2.45, 2.75) is 33.1 Å². The third-order valence-electron chi connectivity index (χ3n) is 4.68. The third-order valence-corrected chi connectivity index (χ3v) is 5.42. The average molecular weight is 398 g/mol. The van der Waals surface area contributed by atoms with Crippen molar-refractivity contribution in [3.8, 4) is 5.69 Å². The molecule has 0 atom stereocenters. The van der Waals surface area contributed by atoms with Crippen LogP contribution in [-0.4, -0.2) is 33.3 Å². The maximum absolute atomic E-state index is 12.3. The number of carbonyl (C=O) groups is 2. The van der Waals surface area contributed by atoms with E-state index in [9.17, 15) is 9.59 Å². The minimum absolute atomic E-state index is 0.0812. The molecule has 6 nitrogen and oxygen atoms in total. The molecule has 0 bridgehead atoms. The lowest BCUT2D eigenvalue weighted by Gasteiger charge is -2.08. The van der Waals surface area contributed by atoms with Gasteiger partial charge in [-0.15, -0.1) is 0 Å². The zero-order valence-corrected chi connectivity index (χ0v) is 16.8. The topological polar surface area (TPSA) is 84.2 Å². The van der Waals surface area contributed by atoms with Crippen molar-refractivity contribution in [2.24, 2.45) is 0 Å². The van der Waals surface area contributed by atoms with Gasteiger partial charge in [0.05, 0.1) is 11.4 Å². The fraction of sp³-hybridized carbons (Fsp3) is 0.286. The molecule has 0 saturated heterocycles. The van der Waals surface area contributed by atoms with E-state index in [0.717, 1.165) is 29.1 Å². The van der Waals surface area contributed by atoms with Crippen LogP contribution in [0.3, 0.4) is 0 Å². The van der Waals surface area contributed by atoms with Gasteiger partial charge in [0.15, 0.2) is 0 Å². The van der Waals surface area contributed by atoms with E-state index < -0.39 is 5.97 Å². The summed E-state index contributed by atoms with van der Waals surface area (Å²) in [5.74, 6) is -0.918. The van der Waals surface area contributed by atoms with Crippen LogP contribution in [0.4, 0.5) is 0 Å². The highest BCUT2D eigenvalue weighted by molar-refractivity contribution is 7.07. The van der Waals surface area contributed by atoms with Gasteiger partial charge in [-0.05, 0) is 78.9 Å². The van der Waals surface area contributed by atoms with Gasteiger partial charge in [-0.1, -0.05) is 0 Å². The fourth-order valence-electron chi connectivity index (χ4n) is 3.13. The smallest absolute Gasteiger partial charge is 0.303 e. The van der Waals surface area contributed by atoms with E-state index in [1.807, 2.05) is 31.4 Å². The van der Waals surface area contributed by atoms with Gasteiger partial charge in [-0.3, -0.25) is 9.59 Å². The van der Waals surface area contributed by atoms with E-state index in [1.54, 1.807) is 28.2 Å². The Kier molecular flexibility index (Phi) is 6.26. The summed E-state index contributed by atoms with van der Waals surface area (Å²) >= 11 is 1.65. The van der Waals surface area contributed by atoms with Gasteiger partial charge in [0.1, 0.15) is 0 Å². The van der Waals surface area contributed by atoms with Crippen LogP contribution in [0, 0.1) is 13.8 Å². The van der Waals surface area contributed by atoms with Gasteiger partial charge in [0.25, 0.3) is 5.91 Å². The molecule has 0 aliphatic heterocycles. The zero-order chi connectivity index (χ0) is 20.1. The summed E-state index contributed by atoms with van der Waals surface area (Å²) in [5.41, 5.74) is 5.38. The molecule has 1 aromatic carbocycles. The number of aryl methyl sites for hydroxylation is 1. The van der Waals surface area contributed by atoms with E-state index in [0.29, 0.717) is 18.5 Å². The molecule has 0 aliphatic carbocycles. The van der Waals surface area contributed by atoms with Gasteiger partial charge >= 0.3 is 5.97 Å². The van der Waals surface area contributed by atoms with Crippen molar-refractivity contribution in [3.63, 3.8) is 0 Å². The number of nitrogens with one attached hydrogen (secondary N) is 1. The Labute approximate surface area is 167 Å². The number of hydrogen-bond acceptors (Lipinski definition) is 4. The molecule has 1 amide bonds. The summed E-state index contributed by atoms with van der Waals surface area (Å²) in [4.78, 5) is 23.2. The van der Waals surface area contributed by atoms with Crippen LogP contribution < -0.4 is 5.32 Å². The van der Waals surface area contributed by atoms with E-state index in [2.05, 4.69) is 21.9 Å². The summed E-state index contributed by atoms with van der Waals surface area (Å²) in [6, 6.07) is 9.33. The lowest BCUT2D eigenvalue weighted by Crippen LogP contribution is -2.25. The third kappa shape index (κ3) is 4.67. The van der Waals surface area contributed by atoms with Crippen molar-refractivity contribution >= 4 is 23.2 Å². The summed E-state index contributed by atoms with van der Waals surface area (Å²) in [5, 5.41) is 20.5. The average Bonchev–Trinajstić information content (AvgIpc) is 3.28. The van der Waals surface area contributed by atoms with Crippen molar-refractivity contribution in [1.29, 1.82) is 0 Å². The summed E-state index contributed by atoms with van der Waals surface area (Å²) in [6.07, 6.45) is 1.35. The van der Waals surface area contributed by atoms with Crippen LogP contribution in [0.25, 0.3) is 5.69 Å². The second-order valence-electron chi connectivity index (χ2n) is 6.64. The number of nitrogens with zero attached hydrogens (tertiary/aromatic N) is 2. The molecule has 7 heteroatoms. The number of carbonyl (C=O) groups excluding carboxylic acids is 1. The number of carboxylic acid groups (broad SMARTS) is 1. The van der Waals surface area contributed by atoms with Crippen molar-refractivity contribution in [3.05, 3.63) is 69.2 Å². The molecule has 146 valence electrons. The highest BCUT2D eigenvalue weighted by Crippen LogP contribution is 2.20. The molecule has 2 N–H and O–H groups in total. The van der Waals surface area contributed by atoms with Crippen LogP contribution in [0.15, 0.2) is 41.1 Å². The quantitative estimate of drug-likeness (QED) is 0.609. The van der Waals surface area contributed by atoms with Gasteiger partial charge in [0, 0.05) is 24.2 Å². The molecule has 0 radical (unpaired) electrons. The van der Waals surface area contributed by atoms with E-state index in [1.165, 1.54) is 5.56 Å². The molecule has 0 fully saturated rings. The first-order valence-corrected chi connectivity index (χ1v) is 10.1. The first kappa shape index (κ1) is 19.8. The Morgan fingerprint density at radius 1 is 1.14 bits per heavy atom. The number of hydrogen-bond donors (Lipinski definition) is 2. The van der Waals surface area contributed by atoms with Gasteiger partial charge in [-0.2, -0.15) is 16.4 Å². The number of aromatic nitrogens is 2. The van der Waals surface area contributed by atoms with Crippen molar-refractivity contribution < 1.29 is 14.7 Å². The number of thiophene rings is 1. The minimum Gasteiger partial charge on any atom is -0.481 e. The first-order valence-electron chi connectivity index (χ1n) is 9.12. The molecular weight excluding hydrogens is 374 g/mol. The van der Waals surface area contributed by atoms with E-state index in [-0.39, 0.29) is 12.3 Å². The van der Waals surface area contributed by atoms with Crippen molar-refractivity contribution in [1.82, 2.24) is 15.1 Å². The molecule has 3 aromatic rings. The Hall–Kier alpha value is -2.93. The Balaban J connectivity index is 1.66. The van der Waals surface area contributed by atoms with E-state index in [4.69, 9.17) is 5.11 Å². The number of amides is 1. The maximum Gasteiger partial charge on any atom is 0.303 e. The SMILES string of the molecule is Cc1nn(-c2ccc(C(=O)NCCc3ccsc3)cc2)c(C)c1CCC(=O)O. The van der Waals surface area contributed by atoms with Crippen LogP contribution >= 0.6 is 11.3 Å². The lowest BCUT2D eigenvalue weighted by atomic mass is 10.1. The zero-order valence-electron chi connectivity index (χ0n) is 15.9. The Morgan fingerprint density at radius 3 is 2.54 bits per heavy atom. The lowest BCUT2D eigenvalue weighted by molar-refractivity contribution is -0.136. The minimum atomic E-state index is -0.819. The maximum atomic E-state index is 12.3. The van der Waals surface area contributed by atoms with Gasteiger partial charge in [-0.25, -0.2) is 4.68 Å². The first-order chi connectivity index (χ1) is 13.5. The number of rotatable bonds is 8. The second-order valence-corrected chi connectivity index (χ2v) is 7.42. The number of carboxylic acids is 1. The van der Waals surface area contributed by atoms with Crippen LogP contribution in [0.1, 0.15) is 39.3 Å². The molecule has 0 unspecified atom stereocenters. The standard InChI is InChI=1S/C21H23N3O3S/c1-14-19(7-8-20(25)26)15(2)24(23-14)18-5-3-17(4-6-18)21(27)22-11-9-16-10-12-28-13-16/h3-6,10,12-13H,7-9,11H2,1-2H3,(H,22,27)(H,25,26). The number of benzene rings is 1. The predicted molar refractivity (Wildman–Crippen MR) is 109 cm³/mol. The van der Waals surface area contributed by atoms with Crippen molar-refractivity contribution in [2.75, 3.05) is 6.54 Å². The fourth-order valence-corrected chi connectivity index (χ4v) is 3.83. The van der Waals surface area contributed by atoms with Crippen LogP contribution in [0.2, 0.25) is 0 Å². The second kappa shape index (κ2) is 8.84. The molecule has 0 aliphatic rings. The van der Waals surface area contributed by atoms with Gasteiger partial charge < -0.3 is 10.4 Å².